The lowest BCUT2D eigenvalue weighted by atomic mass is 10.1. The third-order valence-corrected chi connectivity index (χ3v) is 6.51. The number of carbonyl (C=O) groups is 2. The molecule has 0 bridgehead atoms. The fourth-order valence-corrected chi connectivity index (χ4v) is 4.70. The van der Waals surface area contributed by atoms with Gasteiger partial charge in [0.1, 0.15) is 0 Å². The lowest BCUT2D eigenvalue weighted by molar-refractivity contribution is -0.122. The van der Waals surface area contributed by atoms with E-state index in [9.17, 15) is 9.59 Å². The number of amides is 1. The van der Waals surface area contributed by atoms with Crippen LogP contribution in [-0.4, -0.2) is 72.3 Å². The molecule has 1 aliphatic rings. The summed E-state index contributed by atoms with van der Waals surface area (Å²) in [5.41, 5.74) is 3.09. The first kappa shape index (κ1) is 26.5. The van der Waals surface area contributed by atoms with E-state index in [0.717, 1.165) is 37.3 Å². The number of aliphatic imine (C=N–C) groups is 1. The van der Waals surface area contributed by atoms with E-state index in [2.05, 4.69) is 29.2 Å². The molecule has 1 amide bonds. The molecule has 1 aliphatic heterocycles. The second kappa shape index (κ2) is 12.6. The van der Waals surface area contributed by atoms with Crippen LogP contribution in [0.3, 0.4) is 0 Å². The van der Waals surface area contributed by atoms with Gasteiger partial charge in [-0.1, -0.05) is 30.3 Å². The maximum absolute atomic E-state index is 13.5. The van der Waals surface area contributed by atoms with Gasteiger partial charge >= 0.3 is 0 Å². The molecule has 0 radical (unpaired) electrons. The second-order valence-electron chi connectivity index (χ2n) is 8.82. The molecule has 7 nitrogen and oxygen atoms in total. The molecule has 0 atom stereocenters. The van der Waals surface area contributed by atoms with E-state index in [1.54, 1.807) is 24.0 Å². The number of thioether (sulfide) groups is 1. The van der Waals surface area contributed by atoms with Gasteiger partial charge in [0.25, 0.3) is 5.91 Å². The van der Waals surface area contributed by atoms with Crippen molar-refractivity contribution in [2.75, 3.05) is 46.1 Å². The number of ketones is 1. The van der Waals surface area contributed by atoms with Crippen LogP contribution >= 0.6 is 11.8 Å². The Morgan fingerprint density at radius 2 is 1.86 bits per heavy atom. The molecule has 1 heterocycles. The van der Waals surface area contributed by atoms with Crippen LogP contribution in [0.15, 0.2) is 64.6 Å². The number of benzene rings is 2. The van der Waals surface area contributed by atoms with Crippen molar-refractivity contribution in [1.29, 1.82) is 0 Å². The Hall–Kier alpha value is -3.10. The summed E-state index contributed by atoms with van der Waals surface area (Å²) < 4.78 is 0. The number of Topliss-reactive ketones (excluding diaryl/α,β-unsaturated/α-hetero) is 1. The van der Waals surface area contributed by atoms with E-state index in [1.165, 1.54) is 11.8 Å². The smallest absolute Gasteiger partial charge is 0.268 e. The van der Waals surface area contributed by atoms with E-state index >= 15 is 0 Å². The van der Waals surface area contributed by atoms with Gasteiger partial charge in [-0.2, -0.15) is 0 Å². The predicted octanol–water partition coefficient (Wildman–Crippen LogP) is 4.81. The Bertz CT molecular complexity index is 1100. The molecule has 35 heavy (non-hydrogen) atoms. The Kier molecular flexibility index (Phi) is 9.51. The van der Waals surface area contributed by atoms with Crippen molar-refractivity contribution in [3.05, 3.63) is 70.8 Å². The summed E-state index contributed by atoms with van der Waals surface area (Å²) in [6.45, 7) is 6.54. The molecular formula is C27H35N5O2S. The van der Waals surface area contributed by atoms with Crippen LogP contribution in [0.2, 0.25) is 0 Å². The molecule has 1 fully saturated rings. The van der Waals surface area contributed by atoms with Gasteiger partial charge in [0.15, 0.2) is 11.0 Å². The number of nitrogens with zero attached hydrogens (tertiary/aromatic N) is 4. The van der Waals surface area contributed by atoms with Gasteiger partial charge < -0.3 is 15.1 Å². The van der Waals surface area contributed by atoms with Crippen molar-refractivity contribution in [3.8, 4) is 0 Å². The molecule has 2 aromatic carbocycles. The molecule has 186 valence electrons. The Labute approximate surface area is 212 Å². The van der Waals surface area contributed by atoms with Gasteiger partial charge in [-0.25, -0.2) is 4.99 Å². The summed E-state index contributed by atoms with van der Waals surface area (Å²) in [4.78, 5) is 36.9. The Morgan fingerprint density at radius 3 is 2.51 bits per heavy atom. The van der Waals surface area contributed by atoms with Crippen molar-refractivity contribution >= 4 is 40.0 Å². The van der Waals surface area contributed by atoms with Gasteiger partial charge in [0.2, 0.25) is 0 Å². The van der Waals surface area contributed by atoms with E-state index in [-0.39, 0.29) is 11.7 Å². The van der Waals surface area contributed by atoms with E-state index in [1.807, 2.05) is 56.6 Å². The monoisotopic (exact) mass is 493 g/mol. The maximum atomic E-state index is 13.5. The van der Waals surface area contributed by atoms with Gasteiger partial charge in [-0.05, 0) is 76.4 Å². The molecule has 3 rings (SSSR count). The summed E-state index contributed by atoms with van der Waals surface area (Å²) in [5.74, 6) is -0.0875. The fourth-order valence-electron chi connectivity index (χ4n) is 3.67. The van der Waals surface area contributed by atoms with E-state index in [4.69, 9.17) is 4.99 Å². The number of nitrogens with one attached hydrogen (secondary N) is 1. The first-order chi connectivity index (χ1) is 16.8. The fraction of sp³-hybridized carbons (Fsp3) is 0.370. The second-order valence-corrected chi connectivity index (χ2v) is 9.83. The molecule has 0 aromatic heterocycles. The van der Waals surface area contributed by atoms with Crippen LogP contribution in [0.25, 0.3) is 0 Å². The molecule has 2 aromatic rings. The van der Waals surface area contributed by atoms with Crippen LogP contribution in [-0.2, 0) is 11.3 Å². The first-order valence-corrected chi connectivity index (χ1v) is 12.7. The zero-order valence-corrected chi connectivity index (χ0v) is 22.1. The number of hydrogen-bond donors (Lipinski definition) is 1. The van der Waals surface area contributed by atoms with Gasteiger partial charge in [0, 0.05) is 31.9 Å². The Morgan fingerprint density at radius 1 is 1.11 bits per heavy atom. The average molecular weight is 494 g/mol. The maximum Gasteiger partial charge on any atom is 0.268 e. The molecule has 0 aliphatic carbocycles. The molecule has 0 unspecified atom stereocenters. The van der Waals surface area contributed by atoms with E-state index in [0.29, 0.717) is 27.9 Å². The van der Waals surface area contributed by atoms with Gasteiger partial charge in [-0.3, -0.25) is 14.5 Å². The normalized spacial score (nSPS) is 15.9. The number of anilines is 1. The van der Waals surface area contributed by atoms with E-state index < -0.39 is 0 Å². The lowest BCUT2D eigenvalue weighted by Gasteiger charge is -2.17. The van der Waals surface area contributed by atoms with Crippen molar-refractivity contribution in [2.24, 2.45) is 4.99 Å². The number of hydrogen-bond acceptors (Lipinski definition) is 7. The molecule has 0 spiro atoms. The summed E-state index contributed by atoms with van der Waals surface area (Å²) >= 11 is 1.37. The highest BCUT2D eigenvalue weighted by atomic mass is 32.2. The lowest BCUT2D eigenvalue weighted by Crippen LogP contribution is -2.29. The highest BCUT2D eigenvalue weighted by Crippen LogP contribution is 2.36. The molecule has 1 N–H and O–H groups in total. The summed E-state index contributed by atoms with van der Waals surface area (Å²) in [6, 6.07) is 15.4. The predicted molar refractivity (Wildman–Crippen MR) is 146 cm³/mol. The highest BCUT2D eigenvalue weighted by Gasteiger charge is 2.34. The number of amidine groups is 1. The number of rotatable bonds is 11. The van der Waals surface area contributed by atoms with Crippen LogP contribution < -0.4 is 5.32 Å². The minimum Gasteiger partial charge on any atom is -0.384 e. The largest absolute Gasteiger partial charge is 0.384 e. The quantitative estimate of drug-likeness (QED) is 0.358. The summed E-state index contributed by atoms with van der Waals surface area (Å²) in [5, 5.41) is 3.91. The standard InChI is InChI=1S/C27H35N5O2S/c1-6-28-23-14-13-22(20(2)33)17-24(23)29-27-32(18-21-11-8-7-9-12-21)26(34)25(35-27)19-31(5)16-10-15-30(3)4/h7-9,11-14,17,19,28H,6,10,15-16,18H2,1-5H3/b25-19-,29-27?. The van der Waals surface area contributed by atoms with Gasteiger partial charge in [0.05, 0.1) is 22.8 Å². The van der Waals surface area contributed by atoms with Crippen LogP contribution in [0.4, 0.5) is 11.4 Å². The van der Waals surface area contributed by atoms with Crippen molar-refractivity contribution in [3.63, 3.8) is 0 Å². The van der Waals surface area contributed by atoms with Crippen molar-refractivity contribution in [1.82, 2.24) is 14.7 Å². The third kappa shape index (κ3) is 7.44. The number of carbonyl (C=O) groups excluding carboxylic acids is 2. The minimum absolute atomic E-state index is 0.0225. The van der Waals surface area contributed by atoms with Crippen molar-refractivity contribution < 1.29 is 9.59 Å². The average Bonchev–Trinajstić information content (AvgIpc) is 3.09. The Balaban J connectivity index is 1.96. The third-order valence-electron chi connectivity index (χ3n) is 5.51. The topological polar surface area (TPSA) is 68.2 Å². The zero-order chi connectivity index (χ0) is 25.4. The minimum atomic E-state index is -0.0650. The SMILES string of the molecule is CCNc1ccc(C(C)=O)cc1N=C1S/C(=C\N(C)CCCN(C)C)C(=O)N1Cc1ccccc1. The molecular weight excluding hydrogens is 458 g/mol. The van der Waals surface area contributed by atoms with Crippen LogP contribution in [0.5, 0.6) is 0 Å². The molecule has 8 heteroatoms. The van der Waals surface area contributed by atoms with Crippen LogP contribution in [0.1, 0.15) is 36.2 Å². The molecule has 0 saturated carbocycles. The summed E-state index contributed by atoms with van der Waals surface area (Å²) in [7, 11) is 6.11. The van der Waals surface area contributed by atoms with Gasteiger partial charge in [-0.15, -0.1) is 0 Å². The van der Waals surface area contributed by atoms with Crippen LogP contribution in [0, 0.1) is 0 Å². The highest BCUT2D eigenvalue weighted by molar-refractivity contribution is 8.18. The molecule has 1 saturated heterocycles. The van der Waals surface area contributed by atoms with Crippen molar-refractivity contribution in [2.45, 2.75) is 26.8 Å². The zero-order valence-electron chi connectivity index (χ0n) is 21.2. The first-order valence-electron chi connectivity index (χ1n) is 11.9. The summed E-state index contributed by atoms with van der Waals surface area (Å²) in [6.07, 6.45) is 2.92.